The third-order valence-corrected chi connectivity index (χ3v) is 10.7. The monoisotopic (exact) mass is 317 g/mol. The smallest absolute Gasteiger partial charge is 0.258 e. The molecule has 22 heavy (non-hydrogen) atoms. The van der Waals surface area contributed by atoms with Crippen molar-refractivity contribution in [2.24, 2.45) is 0 Å². The highest BCUT2D eigenvalue weighted by atomic mass is 28.4. The maximum absolute atomic E-state index is 14.0. The van der Waals surface area contributed by atoms with Crippen molar-refractivity contribution in [2.75, 3.05) is 0 Å². The zero-order chi connectivity index (χ0) is 16.5. The van der Waals surface area contributed by atoms with Gasteiger partial charge in [-0.25, -0.2) is 4.39 Å². The van der Waals surface area contributed by atoms with E-state index in [9.17, 15) is 4.39 Å². The molecule has 1 nitrogen and oxygen atoms in total. The maximum Gasteiger partial charge on any atom is 0.258 e. The van der Waals surface area contributed by atoms with Crippen molar-refractivity contribution in [3.05, 3.63) is 42.2 Å². The van der Waals surface area contributed by atoms with Gasteiger partial charge in [0.05, 0.1) is 0 Å². The van der Waals surface area contributed by atoms with E-state index >= 15 is 0 Å². The molecule has 0 heterocycles. The first-order chi connectivity index (χ1) is 10.3. The van der Waals surface area contributed by atoms with E-state index in [2.05, 4.69) is 47.6 Å². The molecular weight excluding hydrogens is 291 g/mol. The SMILES string of the molecule is CC(C)[Si](Oc1cccc2c(F)c[c]cc12)(C(C)C)C(C)C. The van der Waals surface area contributed by atoms with E-state index < -0.39 is 8.32 Å². The van der Waals surface area contributed by atoms with Crippen molar-refractivity contribution < 1.29 is 8.82 Å². The number of hydrogen-bond donors (Lipinski definition) is 0. The molecule has 2 rings (SSSR count). The quantitative estimate of drug-likeness (QED) is 0.585. The van der Waals surface area contributed by atoms with Gasteiger partial charge in [0.25, 0.3) is 8.32 Å². The van der Waals surface area contributed by atoms with Gasteiger partial charge >= 0.3 is 0 Å². The average molecular weight is 318 g/mol. The van der Waals surface area contributed by atoms with Crippen molar-refractivity contribution >= 4 is 19.1 Å². The summed E-state index contributed by atoms with van der Waals surface area (Å²) in [5.74, 6) is 0.560. The molecule has 2 aromatic carbocycles. The molecule has 0 amide bonds. The lowest BCUT2D eigenvalue weighted by molar-refractivity contribution is 0.484. The highest BCUT2D eigenvalue weighted by Crippen LogP contribution is 2.44. The molecule has 2 aromatic rings. The van der Waals surface area contributed by atoms with Gasteiger partial charge in [-0.1, -0.05) is 53.7 Å². The van der Waals surface area contributed by atoms with Crippen LogP contribution in [-0.4, -0.2) is 8.32 Å². The second-order valence-corrected chi connectivity index (χ2v) is 12.3. The second kappa shape index (κ2) is 6.41. The lowest BCUT2D eigenvalue weighted by Crippen LogP contribution is -2.50. The van der Waals surface area contributed by atoms with E-state index in [-0.39, 0.29) is 5.82 Å². The summed E-state index contributed by atoms with van der Waals surface area (Å²) in [6, 6.07) is 11.7. The maximum atomic E-state index is 14.0. The number of benzene rings is 2. The summed E-state index contributed by atoms with van der Waals surface area (Å²) in [6.07, 6.45) is 0. The van der Waals surface area contributed by atoms with Gasteiger partial charge < -0.3 is 4.43 Å². The Labute approximate surface area is 134 Å². The normalized spacial score (nSPS) is 12.6. The summed E-state index contributed by atoms with van der Waals surface area (Å²) in [5.41, 5.74) is 1.46. The largest absolute Gasteiger partial charge is 0.542 e. The van der Waals surface area contributed by atoms with Crippen LogP contribution < -0.4 is 4.43 Å². The Balaban J connectivity index is 2.59. The third-order valence-electron chi connectivity index (χ3n) is 4.75. The first-order valence-corrected chi connectivity index (χ1v) is 10.2. The Kier molecular flexibility index (Phi) is 4.96. The molecule has 3 heteroatoms. The fourth-order valence-corrected chi connectivity index (χ4v) is 9.08. The molecule has 0 aromatic heterocycles. The van der Waals surface area contributed by atoms with E-state index in [1.54, 1.807) is 6.07 Å². The molecule has 0 aliphatic heterocycles. The highest BCUT2D eigenvalue weighted by molar-refractivity contribution is 6.78. The van der Waals surface area contributed by atoms with Gasteiger partial charge in [-0.3, -0.25) is 0 Å². The summed E-state index contributed by atoms with van der Waals surface area (Å²) < 4.78 is 20.7. The molecule has 0 unspecified atom stereocenters. The van der Waals surface area contributed by atoms with Gasteiger partial charge in [0.1, 0.15) is 11.6 Å². The van der Waals surface area contributed by atoms with Crippen LogP contribution in [0.3, 0.4) is 0 Å². The molecular formula is C19H26FOSi. The van der Waals surface area contributed by atoms with E-state index in [4.69, 9.17) is 4.43 Å². The Morgan fingerprint density at radius 1 is 0.909 bits per heavy atom. The van der Waals surface area contributed by atoms with Crippen molar-refractivity contribution in [3.8, 4) is 5.75 Å². The topological polar surface area (TPSA) is 9.23 Å². The first kappa shape index (κ1) is 17.0. The Morgan fingerprint density at radius 2 is 1.50 bits per heavy atom. The fraction of sp³-hybridized carbons (Fsp3) is 0.474. The molecule has 0 aliphatic carbocycles. The molecule has 0 N–H and O–H groups in total. The number of hydrogen-bond acceptors (Lipinski definition) is 1. The van der Waals surface area contributed by atoms with Crippen LogP contribution in [0.25, 0.3) is 10.8 Å². The summed E-state index contributed by atoms with van der Waals surface area (Å²) in [6.45, 7) is 13.5. The van der Waals surface area contributed by atoms with E-state index in [1.807, 2.05) is 18.2 Å². The van der Waals surface area contributed by atoms with Gasteiger partial charge in [-0.05, 0) is 40.9 Å². The van der Waals surface area contributed by atoms with Gasteiger partial charge in [-0.15, -0.1) is 0 Å². The standard InChI is InChI=1S/C19H26FOSi/c1-13(2)22(14(3)4,15(5)6)21-19-12-8-9-16-17(19)10-7-11-18(16)20/h8-15H,1-6H3. The summed E-state index contributed by atoms with van der Waals surface area (Å²) in [5, 5.41) is 1.43. The average Bonchev–Trinajstić information content (AvgIpc) is 2.44. The van der Waals surface area contributed by atoms with Crippen LogP contribution in [0.4, 0.5) is 4.39 Å². The van der Waals surface area contributed by atoms with E-state index in [0.29, 0.717) is 22.0 Å². The van der Waals surface area contributed by atoms with Crippen LogP contribution in [0.5, 0.6) is 5.75 Å². The zero-order valence-corrected chi connectivity index (χ0v) is 15.4. The molecule has 0 fully saturated rings. The summed E-state index contributed by atoms with van der Waals surface area (Å²) >= 11 is 0. The predicted molar refractivity (Wildman–Crippen MR) is 94.4 cm³/mol. The molecule has 0 bridgehead atoms. The molecule has 0 saturated heterocycles. The summed E-state index contributed by atoms with van der Waals surface area (Å²) in [7, 11) is -2.04. The molecule has 0 spiro atoms. The minimum absolute atomic E-state index is 0.242. The third kappa shape index (κ3) is 2.79. The Hall–Kier alpha value is -1.35. The van der Waals surface area contributed by atoms with Crippen molar-refractivity contribution in [2.45, 2.75) is 58.2 Å². The Morgan fingerprint density at radius 3 is 2.05 bits per heavy atom. The van der Waals surface area contributed by atoms with Crippen LogP contribution in [0, 0.1) is 11.9 Å². The van der Waals surface area contributed by atoms with Crippen LogP contribution in [0.1, 0.15) is 41.5 Å². The van der Waals surface area contributed by atoms with Gasteiger partial charge in [0.15, 0.2) is 0 Å². The van der Waals surface area contributed by atoms with Crippen LogP contribution in [0.15, 0.2) is 30.3 Å². The fourth-order valence-electron chi connectivity index (χ4n) is 3.81. The van der Waals surface area contributed by atoms with Crippen LogP contribution in [0.2, 0.25) is 16.6 Å². The second-order valence-electron chi connectivity index (χ2n) is 6.94. The lowest BCUT2D eigenvalue weighted by Gasteiger charge is -2.42. The number of halogens is 1. The van der Waals surface area contributed by atoms with Gasteiger partial charge in [0, 0.05) is 10.8 Å². The first-order valence-electron chi connectivity index (χ1n) is 8.08. The van der Waals surface area contributed by atoms with Crippen LogP contribution >= 0.6 is 0 Å². The highest BCUT2D eigenvalue weighted by Gasteiger charge is 2.47. The number of fused-ring (bicyclic) bond motifs is 1. The van der Waals surface area contributed by atoms with Gasteiger partial charge in [-0.2, -0.15) is 0 Å². The van der Waals surface area contributed by atoms with E-state index in [1.165, 1.54) is 6.07 Å². The summed E-state index contributed by atoms with van der Waals surface area (Å²) in [4.78, 5) is 0. The van der Waals surface area contributed by atoms with Crippen molar-refractivity contribution in [3.63, 3.8) is 0 Å². The molecule has 0 atom stereocenters. The Bertz CT molecular complexity index is 627. The van der Waals surface area contributed by atoms with Crippen LogP contribution in [-0.2, 0) is 0 Å². The molecule has 0 saturated carbocycles. The predicted octanol–water partition coefficient (Wildman–Crippen LogP) is 6.33. The minimum Gasteiger partial charge on any atom is -0.542 e. The molecule has 119 valence electrons. The molecule has 1 radical (unpaired) electrons. The van der Waals surface area contributed by atoms with Crippen molar-refractivity contribution in [1.29, 1.82) is 0 Å². The zero-order valence-electron chi connectivity index (χ0n) is 14.4. The van der Waals surface area contributed by atoms with E-state index in [0.717, 1.165) is 11.1 Å². The van der Waals surface area contributed by atoms with Gasteiger partial charge in [0.2, 0.25) is 0 Å². The number of rotatable bonds is 5. The minimum atomic E-state index is -2.04. The lowest BCUT2D eigenvalue weighted by atomic mass is 10.1. The van der Waals surface area contributed by atoms with Crippen molar-refractivity contribution in [1.82, 2.24) is 0 Å². The molecule has 0 aliphatic rings.